The largest absolute Gasteiger partial charge is 0.484 e. The molecule has 3 saturated heterocycles. The lowest BCUT2D eigenvalue weighted by Gasteiger charge is -2.39. The maximum absolute atomic E-state index is 15.9. The van der Waals surface area contributed by atoms with Crippen LogP contribution in [0.15, 0.2) is 36.7 Å². The fourth-order valence-corrected chi connectivity index (χ4v) is 10.0. The summed E-state index contributed by atoms with van der Waals surface area (Å²) < 4.78 is 43.4. The number of rotatable bonds is 10. The summed E-state index contributed by atoms with van der Waals surface area (Å²) in [4.78, 5) is 54.8. The first-order valence-corrected chi connectivity index (χ1v) is 21.8. The number of ether oxygens (including phenoxy) is 2. The molecule has 5 fully saturated rings. The SMILES string of the molecule is CC1(Oc2cc3c(cc2F)NNC3c2cc(N3CCN(CC4CCC(OC5CCN(c6ccc7c(c6F)CN(C6CCC(=O)NC6=O)C7=O)CC5)CC4)CC3)ncn2)CC1. The molecule has 0 radical (unpaired) electrons. The van der Waals surface area contributed by atoms with Crippen molar-refractivity contribution in [2.24, 2.45) is 5.92 Å². The number of amides is 3. The number of carbonyl (C=O) groups is 3. The number of anilines is 3. The van der Waals surface area contributed by atoms with Gasteiger partial charge in [0.1, 0.15) is 23.8 Å². The van der Waals surface area contributed by atoms with Gasteiger partial charge in [0, 0.05) is 81.1 Å². The number of fused-ring (bicyclic) bond motifs is 2. The van der Waals surface area contributed by atoms with Crippen molar-refractivity contribution < 1.29 is 32.6 Å². The van der Waals surface area contributed by atoms with E-state index in [1.807, 2.05) is 17.9 Å². The average Bonchev–Trinajstić information content (AvgIpc) is 3.69. The van der Waals surface area contributed by atoms with Gasteiger partial charge in [-0.05, 0) is 88.8 Å². The Balaban J connectivity index is 0.663. The minimum absolute atomic E-state index is 0.0258. The Morgan fingerprint density at radius 2 is 1.63 bits per heavy atom. The van der Waals surface area contributed by atoms with Gasteiger partial charge in [-0.2, -0.15) is 0 Å². The van der Waals surface area contributed by atoms with Gasteiger partial charge in [0.2, 0.25) is 11.8 Å². The Hall–Kier alpha value is -4.93. The average molecular weight is 826 g/mol. The minimum Gasteiger partial charge on any atom is -0.484 e. The molecular formula is C44H53F2N9O5. The van der Waals surface area contributed by atoms with E-state index >= 15 is 4.39 Å². The van der Waals surface area contributed by atoms with Gasteiger partial charge in [-0.25, -0.2) is 24.2 Å². The highest BCUT2D eigenvalue weighted by Crippen LogP contribution is 2.44. The molecule has 2 aromatic carbocycles. The van der Waals surface area contributed by atoms with E-state index in [4.69, 9.17) is 9.47 Å². The molecule has 3 amide bonds. The summed E-state index contributed by atoms with van der Waals surface area (Å²) in [6.45, 7) is 8.18. The Labute approximate surface area is 348 Å². The molecular weight excluding hydrogens is 773 g/mol. The molecule has 0 bridgehead atoms. The highest BCUT2D eigenvalue weighted by Gasteiger charge is 2.43. The zero-order chi connectivity index (χ0) is 41.1. The Morgan fingerprint density at radius 3 is 2.38 bits per heavy atom. The van der Waals surface area contributed by atoms with Crippen molar-refractivity contribution in [2.45, 2.75) is 108 Å². The van der Waals surface area contributed by atoms with Gasteiger partial charge in [-0.3, -0.25) is 24.6 Å². The maximum atomic E-state index is 15.9. The first-order valence-electron chi connectivity index (χ1n) is 21.8. The predicted octanol–water partition coefficient (Wildman–Crippen LogP) is 4.83. The number of piperazine rings is 1. The molecule has 0 spiro atoms. The molecule has 1 aromatic heterocycles. The molecule has 3 aromatic rings. The number of carbonyl (C=O) groups excluding carboxylic acids is 3. The second-order valence-corrected chi connectivity index (χ2v) is 18.0. The smallest absolute Gasteiger partial charge is 0.255 e. The van der Waals surface area contributed by atoms with Crippen LogP contribution in [0.4, 0.5) is 26.0 Å². The fraction of sp³-hybridized carbons (Fsp3) is 0.568. The van der Waals surface area contributed by atoms with E-state index in [-0.39, 0.29) is 66.6 Å². The van der Waals surface area contributed by atoms with Crippen LogP contribution in [0.25, 0.3) is 0 Å². The summed E-state index contributed by atoms with van der Waals surface area (Å²) in [7, 11) is 0. The molecule has 60 heavy (non-hydrogen) atoms. The first kappa shape index (κ1) is 39.2. The lowest BCUT2D eigenvalue weighted by atomic mass is 9.86. The lowest BCUT2D eigenvalue weighted by molar-refractivity contribution is -0.136. The van der Waals surface area contributed by atoms with Crippen molar-refractivity contribution in [1.29, 1.82) is 0 Å². The van der Waals surface area contributed by atoms with Crippen LogP contribution in [0.1, 0.15) is 104 Å². The van der Waals surface area contributed by atoms with E-state index in [1.165, 1.54) is 11.0 Å². The molecule has 2 aliphatic carbocycles. The topological polar surface area (TPSA) is 144 Å². The summed E-state index contributed by atoms with van der Waals surface area (Å²) in [5.41, 5.74) is 9.63. The number of nitrogens with one attached hydrogen (secondary N) is 3. The summed E-state index contributed by atoms with van der Waals surface area (Å²) in [6, 6.07) is 7.67. The summed E-state index contributed by atoms with van der Waals surface area (Å²) in [6.07, 6.45) is 10.3. The van der Waals surface area contributed by atoms with Gasteiger partial charge < -0.3 is 29.6 Å². The summed E-state index contributed by atoms with van der Waals surface area (Å²) >= 11 is 0. The normalized spacial score (nSPS) is 26.8. The maximum Gasteiger partial charge on any atom is 0.255 e. The van der Waals surface area contributed by atoms with E-state index in [0.29, 0.717) is 41.5 Å². The van der Waals surface area contributed by atoms with E-state index < -0.39 is 17.8 Å². The Kier molecular flexibility index (Phi) is 10.4. The monoisotopic (exact) mass is 825 g/mol. The standard InChI is InChI=1S/C44H53F2N9O5/c1-44(12-13-44)60-37-20-30-33(21-32(37)45)50-51-41(30)34-22-38(48-25-47-34)54-18-16-52(17-19-54)23-26-2-4-27(5-3-26)59-28-10-14-53(15-11-28)35-7-6-29-31(40(35)46)24-55(43(29)58)36-8-9-39(56)49-42(36)57/h6-7,20-22,25-28,36,41,50-51H,2-5,8-19,23-24H2,1H3,(H,49,56,57). The van der Waals surface area contributed by atoms with Crippen molar-refractivity contribution in [2.75, 3.05) is 61.0 Å². The van der Waals surface area contributed by atoms with Crippen molar-refractivity contribution in [1.82, 2.24) is 30.5 Å². The zero-order valence-electron chi connectivity index (χ0n) is 34.1. The molecule has 5 aliphatic heterocycles. The number of hydrogen-bond acceptors (Lipinski definition) is 12. The number of aromatic nitrogens is 2. The molecule has 2 atom stereocenters. The Bertz CT molecular complexity index is 2170. The van der Waals surface area contributed by atoms with Crippen LogP contribution in [0.3, 0.4) is 0 Å². The third kappa shape index (κ3) is 7.77. The van der Waals surface area contributed by atoms with Crippen LogP contribution in [0.5, 0.6) is 5.75 Å². The zero-order valence-corrected chi connectivity index (χ0v) is 34.1. The van der Waals surface area contributed by atoms with Gasteiger partial charge in [0.05, 0.1) is 41.9 Å². The summed E-state index contributed by atoms with van der Waals surface area (Å²) in [5.74, 6) is -0.159. The summed E-state index contributed by atoms with van der Waals surface area (Å²) in [5, 5.41) is 2.30. The Morgan fingerprint density at radius 1 is 0.867 bits per heavy atom. The molecule has 318 valence electrons. The number of nitrogens with zero attached hydrogens (tertiary/aromatic N) is 6. The van der Waals surface area contributed by atoms with Crippen molar-refractivity contribution >= 4 is 34.9 Å². The van der Waals surface area contributed by atoms with Crippen LogP contribution >= 0.6 is 0 Å². The molecule has 14 nitrogen and oxygen atoms in total. The number of benzene rings is 2. The van der Waals surface area contributed by atoms with Crippen LogP contribution in [0.2, 0.25) is 0 Å². The second-order valence-electron chi connectivity index (χ2n) is 18.0. The first-order chi connectivity index (χ1) is 29.1. The van der Waals surface area contributed by atoms with E-state index in [0.717, 1.165) is 101 Å². The molecule has 2 unspecified atom stereocenters. The van der Waals surface area contributed by atoms with Gasteiger partial charge in [-0.15, -0.1) is 0 Å². The predicted molar refractivity (Wildman–Crippen MR) is 218 cm³/mol. The number of imide groups is 1. The van der Waals surface area contributed by atoms with Gasteiger partial charge in [-0.1, -0.05) is 0 Å². The third-order valence-corrected chi connectivity index (χ3v) is 13.8. The minimum atomic E-state index is -0.769. The number of halogens is 2. The van der Waals surface area contributed by atoms with Gasteiger partial charge >= 0.3 is 0 Å². The highest BCUT2D eigenvalue weighted by atomic mass is 19.1. The van der Waals surface area contributed by atoms with Crippen molar-refractivity contribution in [3.8, 4) is 5.75 Å². The number of hydrazine groups is 1. The molecule has 16 heteroatoms. The van der Waals surface area contributed by atoms with Crippen LogP contribution in [0, 0.1) is 17.6 Å². The number of piperidine rings is 2. The second kappa shape index (κ2) is 15.8. The van der Waals surface area contributed by atoms with Crippen LogP contribution < -0.4 is 30.7 Å². The van der Waals surface area contributed by atoms with E-state index in [2.05, 4.69) is 35.9 Å². The van der Waals surface area contributed by atoms with Gasteiger partial charge in [0.15, 0.2) is 17.4 Å². The van der Waals surface area contributed by atoms with Crippen LogP contribution in [-0.2, 0) is 20.9 Å². The molecule has 6 heterocycles. The quantitative estimate of drug-likeness (QED) is 0.241. The lowest BCUT2D eigenvalue weighted by Crippen LogP contribution is -2.52. The number of hydrogen-bond donors (Lipinski definition) is 3. The van der Waals surface area contributed by atoms with Crippen LogP contribution in [-0.4, -0.2) is 107 Å². The highest BCUT2D eigenvalue weighted by molar-refractivity contribution is 6.05. The molecule has 2 saturated carbocycles. The molecule has 3 N–H and O–H groups in total. The fourth-order valence-electron chi connectivity index (χ4n) is 10.0. The molecule has 7 aliphatic rings. The molecule has 10 rings (SSSR count). The van der Waals surface area contributed by atoms with Crippen molar-refractivity contribution in [3.63, 3.8) is 0 Å². The van der Waals surface area contributed by atoms with Gasteiger partial charge in [0.25, 0.3) is 5.91 Å². The van der Waals surface area contributed by atoms with Crippen molar-refractivity contribution in [3.05, 3.63) is 70.7 Å². The van der Waals surface area contributed by atoms with E-state index in [9.17, 15) is 18.8 Å². The third-order valence-electron chi connectivity index (χ3n) is 13.8. The van der Waals surface area contributed by atoms with E-state index in [1.54, 1.807) is 24.5 Å².